The van der Waals surface area contributed by atoms with E-state index in [1.165, 1.54) is 19.1 Å². The number of carbonyl (C=O) groups excluding carboxylic acids is 2. The number of benzene rings is 1. The van der Waals surface area contributed by atoms with Gasteiger partial charge in [0, 0.05) is 7.11 Å². The van der Waals surface area contributed by atoms with E-state index >= 15 is 0 Å². The second kappa shape index (κ2) is 4.55. The van der Waals surface area contributed by atoms with E-state index in [0.717, 1.165) is 0 Å². The highest BCUT2D eigenvalue weighted by atomic mass is 16.5. The zero-order valence-corrected chi connectivity index (χ0v) is 9.73. The van der Waals surface area contributed by atoms with Gasteiger partial charge in [0.2, 0.25) is 0 Å². The van der Waals surface area contributed by atoms with Crippen molar-refractivity contribution in [3.8, 4) is 5.75 Å². The van der Waals surface area contributed by atoms with Crippen molar-refractivity contribution in [2.75, 3.05) is 27.4 Å². The summed E-state index contributed by atoms with van der Waals surface area (Å²) in [7, 11) is 3.05. The largest absolute Gasteiger partial charge is 0.497 e. The number of carbonyl (C=O) groups is 2. The maximum atomic E-state index is 12.0. The van der Waals surface area contributed by atoms with Crippen LogP contribution in [-0.4, -0.2) is 44.1 Å². The molecule has 2 amide bonds. The Morgan fingerprint density at radius 3 is 2.47 bits per heavy atom. The molecule has 5 heteroatoms. The molecule has 0 spiro atoms. The highest BCUT2D eigenvalue weighted by Crippen LogP contribution is 2.26. The molecule has 0 aliphatic carbocycles. The van der Waals surface area contributed by atoms with E-state index in [-0.39, 0.29) is 18.4 Å². The summed E-state index contributed by atoms with van der Waals surface area (Å²) in [6.07, 6.45) is 0. The Labute approximate surface area is 98.9 Å². The third-order valence-electron chi connectivity index (χ3n) is 2.70. The molecule has 0 saturated heterocycles. The van der Waals surface area contributed by atoms with Crippen LogP contribution in [0.1, 0.15) is 20.7 Å². The Kier molecular flexibility index (Phi) is 3.10. The summed E-state index contributed by atoms with van der Waals surface area (Å²) in [6.45, 7) is 0.605. The van der Waals surface area contributed by atoms with Gasteiger partial charge in [-0.1, -0.05) is 0 Å². The summed E-state index contributed by atoms with van der Waals surface area (Å²) >= 11 is 0. The van der Waals surface area contributed by atoms with Gasteiger partial charge in [-0.3, -0.25) is 14.5 Å². The lowest BCUT2D eigenvalue weighted by atomic mass is 10.1. The van der Waals surface area contributed by atoms with Crippen LogP contribution in [0.5, 0.6) is 5.75 Å². The van der Waals surface area contributed by atoms with Crippen molar-refractivity contribution in [3.05, 3.63) is 29.3 Å². The second-order valence-corrected chi connectivity index (χ2v) is 3.67. The SMILES string of the molecule is COCCN1C(=O)c2ccc(OC)cc2C1=O. The molecule has 0 bridgehead atoms. The highest BCUT2D eigenvalue weighted by Gasteiger charge is 2.35. The first-order chi connectivity index (χ1) is 8.19. The summed E-state index contributed by atoms with van der Waals surface area (Å²) in [5, 5.41) is 0. The fourth-order valence-corrected chi connectivity index (χ4v) is 1.78. The number of fused-ring (bicyclic) bond motifs is 1. The molecular formula is C12H13NO4. The Hall–Kier alpha value is -1.88. The van der Waals surface area contributed by atoms with Gasteiger partial charge in [0.25, 0.3) is 11.8 Å². The zero-order valence-electron chi connectivity index (χ0n) is 9.73. The van der Waals surface area contributed by atoms with Crippen molar-refractivity contribution < 1.29 is 19.1 Å². The predicted molar refractivity (Wildman–Crippen MR) is 60.2 cm³/mol. The molecule has 1 aromatic carbocycles. The molecule has 1 heterocycles. The van der Waals surface area contributed by atoms with Crippen molar-refractivity contribution in [2.45, 2.75) is 0 Å². The van der Waals surface area contributed by atoms with Gasteiger partial charge >= 0.3 is 0 Å². The quantitative estimate of drug-likeness (QED) is 0.729. The van der Waals surface area contributed by atoms with E-state index in [4.69, 9.17) is 9.47 Å². The van der Waals surface area contributed by atoms with Gasteiger partial charge in [0.05, 0.1) is 31.4 Å². The molecule has 0 radical (unpaired) electrons. The Bertz CT molecular complexity index is 470. The molecule has 2 rings (SSSR count). The van der Waals surface area contributed by atoms with Crippen LogP contribution in [0.2, 0.25) is 0 Å². The van der Waals surface area contributed by atoms with Gasteiger partial charge < -0.3 is 9.47 Å². The fraction of sp³-hybridized carbons (Fsp3) is 0.333. The lowest BCUT2D eigenvalue weighted by Crippen LogP contribution is -2.32. The number of imide groups is 1. The third kappa shape index (κ3) is 1.89. The predicted octanol–water partition coefficient (Wildman–Crippen LogP) is 0.938. The molecular weight excluding hydrogens is 222 g/mol. The number of nitrogens with zero attached hydrogens (tertiary/aromatic N) is 1. The van der Waals surface area contributed by atoms with Gasteiger partial charge in [-0.05, 0) is 18.2 Å². The van der Waals surface area contributed by atoms with Gasteiger partial charge in [0.1, 0.15) is 5.75 Å². The van der Waals surface area contributed by atoms with E-state index in [0.29, 0.717) is 23.5 Å². The summed E-state index contributed by atoms with van der Waals surface area (Å²) in [5.41, 5.74) is 0.817. The molecule has 0 N–H and O–H groups in total. The Morgan fingerprint density at radius 2 is 1.82 bits per heavy atom. The van der Waals surface area contributed by atoms with Gasteiger partial charge in [-0.2, -0.15) is 0 Å². The minimum absolute atomic E-state index is 0.269. The number of hydrogen-bond donors (Lipinski definition) is 0. The summed E-state index contributed by atoms with van der Waals surface area (Å²) < 4.78 is 9.91. The standard InChI is InChI=1S/C12H13NO4/c1-16-6-5-13-11(14)9-4-3-8(17-2)7-10(9)12(13)15/h3-4,7H,5-6H2,1-2H3. The molecule has 5 nitrogen and oxygen atoms in total. The van der Waals surface area contributed by atoms with E-state index < -0.39 is 0 Å². The molecule has 90 valence electrons. The lowest BCUT2D eigenvalue weighted by molar-refractivity contribution is 0.0603. The average molecular weight is 235 g/mol. The van der Waals surface area contributed by atoms with Crippen LogP contribution in [0, 0.1) is 0 Å². The summed E-state index contributed by atoms with van der Waals surface area (Å²) in [6, 6.07) is 4.87. The van der Waals surface area contributed by atoms with E-state index in [1.54, 1.807) is 18.2 Å². The first-order valence-corrected chi connectivity index (χ1v) is 5.22. The summed E-state index contributed by atoms with van der Waals surface area (Å²) in [5.74, 6) is 0.00384. The van der Waals surface area contributed by atoms with Crippen LogP contribution < -0.4 is 4.74 Å². The molecule has 1 aliphatic rings. The van der Waals surface area contributed by atoms with Crippen LogP contribution >= 0.6 is 0 Å². The van der Waals surface area contributed by atoms with Crippen LogP contribution in [0.3, 0.4) is 0 Å². The molecule has 0 atom stereocenters. The van der Waals surface area contributed by atoms with Crippen LogP contribution in [0.15, 0.2) is 18.2 Å². The zero-order chi connectivity index (χ0) is 12.4. The first kappa shape index (κ1) is 11.6. The fourth-order valence-electron chi connectivity index (χ4n) is 1.78. The monoisotopic (exact) mass is 235 g/mol. The normalized spacial score (nSPS) is 14.1. The lowest BCUT2D eigenvalue weighted by Gasteiger charge is -2.12. The van der Waals surface area contributed by atoms with Gasteiger partial charge in [0.15, 0.2) is 0 Å². The smallest absolute Gasteiger partial charge is 0.261 e. The minimum Gasteiger partial charge on any atom is -0.497 e. The molecule has 0 unspecified atom stereocenters. The Balaban J connectivity index is 2.32. The van der Waals surface area contributed by atoms with Crippen LogP contribution in [0.4, 0.5) is 0 Å². The number of hydrogen-bond acceptors (Lipinski definition) is 4. The summed E-state index contributed by atoms with van der Waals surface area (Å²) in [4.78, 5) is 25.1. The third-order valence-corrected chi connectivity index (χ3v) is 2.70. The minimum atomic E-state index is -0.291. The average Bonchev–Trinajstić information content (AvgIpc) is 2.59. The van der Waals surface area contributed by atoms with Crippen molar-refractivity contribution >= 4 is 11.8 Å². The van der Waals surface area contributed by atoms with Gasteiger partial charge in [-0.25, -0.2) is 0 Å². The van der Waals surface area contributed by atoms with Gasteiger partial charge in [-0.15, -0.1) is 0 Å². The van der Waals surface area contributed by atoms with E-state index in [2.05, 4.69) is 0 Å². The molecule has 1 aliphatic heterocycles. The topological polar surface area (TPSA) is 55.8 Å². The first-order valence-electron chi connectivity index (χ1n) is 5.22. The van der Waals surface area contributed by atoms with Crippen molar-refractivity contribution in [3.63, 3.8) is 0 Å². The number of methoxy groups -OCH3 is 2. The molecule has 0 fully saturated rings. The van der Waals surface area contributed by atoms with E-state index in [1.807, 2.05) is 0 Å². The number of amides is 2. The van der Waals surface area contributed by atoms with Crippen molar-refractivity contribution in [1.29, 1.82) is 0 Å². The molecule has 1 aromatic rings. The maximum Gasteiger partial charge on any atom is 0.261 e. The highest BCUT2D eigenvalue weighted by molar-refractivity contribution is 6.21. The van der Waals surface area contributed by atoms with E-state index in [9.17, 15) is 9.59 Å². The van der Waals surface area contributed by atoms with Crippen LogP contribution in [0.25, 0.3) is 0 Å². The van der Waals surface area contributed by atoms with Crippen molar-refractivity contribution in [2.24, 2.45) is 0 Å². The van der Waals surface area contributed by atoms with Crippen LogP contribution in [-0.2, 0) is 4.74 Å². The number of rotatable bonds is 4. The Morgan fingerprint density at radius 1 is 1.12 bits per heavy atom. The second-order valence-electron chi connectivity index (χ2n) is 3.67. The molecule has 0 saturated carbocycles. The number of ether oxygens (including phenoxy) is 2. The maximum absolute atomic E-state index is 12.0. The van der Waals surface area contributed by atoms with Crippen molar-refractivity contribution in [1.82, 2.24) is 4.90 Å². The molecule has 17 heavy (non-hydrogen) atoms. The molecule has 0 aromatic heterocycles.